The number of rotatable bonds is 4. The van der Waals surface area contributed by atoms with Crippen molar-refractivity contribution < 1.29 is 9.59 Å². The topological polar surface area (TPSA) is 43.9 Å². The molecule has 2 aliphatic heterocycles. The molecule has 2 aliphatic rings. The van der Waals surface area contributed by atoms with Gasteiger partial charge in [0.1, 0.15) is 0 Å². The van der Waals surface area contributed by atoms with Gasteiger partial charge < -0.3 is 14.7 Å². The van der Waals surface area contributed by atoms with Crippen LogP contribution in [0.5, 0.6) is 0 Å². The van der Waals surface area contributed by atoms with Crippen LogP contribution in [0.15, 0.2) is 16.8 Å². The highest BCUT2D eigenvalue weighted by Gasteiger charge is 2.45. The standard InChI is InChI=1S/C18H27N3O2S/c1-19(2)11-12-21-16(22)4-7-18(21)6-3-9-20(10-8-18)17(23)15-5-13-24-14-15/h5,13-14H,3-4,6-12H2,1-2H3/t18-/m0/s1. The van der Waals surface area contributed by atoms with Crippen LogP contribution in [-0.4, -0.2) is 72.3 Å². The smallest absolute Gasteiger partial charge is 0.254 e. The third-order valence-electron chi connectivity index (χ3n) is 5.42. The molecule has 0 saturated carbocycles. The molecule has 2 saturated heterocycles. The van der Waals surface area contributed by atoms with Gasteiger partial charge in [-0.05, 0) is 51.2 Å². The van der Waals surface area contributed by atoms with E-state index in [1.165, 1.54) is 0 Å². The largest absolute Gasteiger partial charge is 0.339 e. The Labute approximate surface area is 148 Å². The zero-order valence-corrected chi connectivity index (χ0v) is 15.5. The Balaban J connectivity index is 1.69. The summed E-state index contributed by atoms with van der Waals surface area (Å²) in [6.45, 7) is 3.24. The first-order valence-electron chi connectivity index (χ1n) is 8.78. The number of likely N-dealkylation sites (N-methyl/N-ethyl adjacent to an activating group) is 1. The van der Waals surface area contributed by atoms with Crippen molar-refractivity contribution in [1.29, 1.82) is 0 Å². The van der Waals surface area contributed by atoms with Crippen molar-refractivity contribution in [2.45, 2.75) is 37.6 Å². The minimum Gasteiger partial charge on any atom is -0.339 e. The number of nitrogens with zero attached hydrogens (tertiary/aromatic N) is 3. The summed E-state index contributed by atoms with van der Waals surface area (Å²) < 4.78 is 0. The van der Waals surface area contributed by atoms with Crippen LogP contribution in [0.25, 0.3) is 0 Å². The van der Waals surface area contributed by atoms with E-state index in [9.17, 15) is 9.59 Å². The zero-order valence-electron chi connectivity index (χ0n) is 14.7. The molecule has 0 bridgehead atoms. The van der Waals surface area contributed by atoms with Crippen LogP contribution in [0.3, 0.4) is 0 Å². The summed E-state index contributed by atoms with van der Waals surface area (Å²) in [5, 5.41) is 3.87. The number of hydrogen-bond donors (Lipinski definition) is 0. The molecule has 0 unspecified atom stereocenters. The lowest BCUT2D eigenvalue weighted by atomic mass is 9.87. The van der Waals surface area contributed by atoms with Crippen LogP contribution in [0.1, 0.15) is 42.5 Å². The van der Waals surface area contributed by atoms with Crippen LogP contribution in [0.4, 0.5) is 0 Å². The second-order valence-electron chi connectivity index (χ2n) is 7.23. The number of hydrogen-bond acceptors (Lipinski definition) is 4. The summed E-state index contributed by atoms with van der Waals surface area (Å²) in [5.41, 5.74) is 0.763. The molecule has 0 radical (unpaired) electrons. The summed E-state index contributed by atoms with van der Waals surface area (Å²) in [6.07, 6.45) is 4.49. The molecule has 1 aromatic heterocycles. The molecule has 3 rings (SSSR count). The number of carbonyl (C=O) groups is 2. The molecule has 2 fully saturated rings. The van der Waals surface area contributed by atoms with Crippen LogP contribution in [0, 0.1) is 0 Å². The number of amides is 2. The Morgan fingerprint density at radius 1 is 1.29 bits per heavy atom. The molecule has 1 aromatic rings. The van der Waals surface area contributed by atoms with Gasteiger partial charge >= 0.3 is 0 Å². The third kappa shape index (κ3) is 3.49. The first-order chi connectivity index (χ1) is 11.5. The fraction of sp³-hybridized carbons (Fsp3) is 0.667. The van der Waals surface area contributed by atoms with Crippen molar-refractivity contribution in [2.75, 3.05) is 40.3 Å². The normalized spacial score (nSPS) is 24.9. The van der Waals surface area contributed by atoms with Crippen molar-refractivity contribution in [3.8, 4) is 0 Å². The van der Waals surface area contributed by atoms with E-state index in [0.29, 0.717) is 6.42 Å². The summed E-state index contributed by atoms with van der Waals surface area (Å²) in [4.78, 5) is 31.2. The lowest BCUT2D eigenvalue weighted by molar-refractivity contribution is -0.131. The lowest BCUT2D eigenvalue weighted by Gasteiger charge is -2.38. The summed E-state index contributed by atoms with van der Waals surface area (Å²) in [6, 6.07) is 1.90. The summed E-state index contributed by atoms with van der Waals surface area (Å²) in [5.74, 6) is 0.423. The Bertz CT molecular complexity index is 587. The highest BCUT2D eigenvalue weighted by Crippen LogP contribution is 2.39. The van der Waals surface area contributed by atoms with Gasteiger partial charge in [0.2, 0.25) is 5.91 Å². The van der Waals surface area contributed by atoms with E-state index in [-0.39, 0.29) is 17.4 Å². The van der Waals surface area contributed by atoms with Gasteiger partial charge in [0, 0.05) is 43.5 Å². The number of carbonyl (C=O) groups excluding carboxylic acids is 2. The van der Waals surface area contributed by atoms with Gasteiger partial charge in [-0.15, -0.1) is 0 Å². The molecule has 5 nitrogen and oxygen atoms in total. The number of likely N-dealkylation sites (tertiary alicyclic amines) is 2. The number of thiophene rings is 1. The maximum atomic E-state index is 12.6. The maximum Gasteiger partial charge on any atom is 0.254 e. The molecule has 2 amide bonds. The van der Waals surface area contributed by atoms with Gasteiger partial charge in [0.05, 0.1) is 5.56 Å². The zero-order chi connectivity index (χ0) is 17.2. The first-order valence-corrected chi connectivity index (χ1v) is 9.73. The Kier molecular flexibility index (Phi) is 5.25. The van der Waals surface area contributed by atoms with Crippen molar-refractivity contribution in [1.82, 2.24) is 14.7 Å². The van der Waals surface area contributed by atoms with Crippen molar-refractivity contribution in [3.05, 3.63) is 22.4 Å². The predicted octanol–water partition coefficient (Wildman–Crippen LogP) is 2.30. The fourth-order valence-electron chi connectivity index (χ4n) is 4.01. The summed E-state index contributed by atoms with van der Waals surface area (Å²) in [7, 11) is 4.09. The second kappa shape index (κ2) is 7.23. The van der Waals surface area contributed by atoms with Gasteiger partial charge in [0.25, 0.3) is 5.91 Å². The van der Waals surface area contributed by atoms with E-state index in [1.54, 1.807) is 11.3 Å². The Morgan fingerprint density at radius 2 is 2.12 bits per heavy atom. The average molecular weight is 350 g/mol. The minimum absolute atomic E-state index is 0.0310. The maximum absolute atomic E-state index is 12.6. The van der Waals surface area contributed by atoms with E-state index in [1.807, 2.05) is 35.8 Å². The van der Waals surface area contributed by atoms with Crippen LogP contribution >= 0.6 is 11.3 Å². The molecule has 132 valence electrons. The fourth-order valence-corrected chi connectivity index (χ4v) is 4.64. The highest BCUT2D eigenvalue weighted by atomic mass is 32.1. The molecule has 6 heteroatoms. The van der Waals surface area contributed by atoms with Crippen LogP contribution in [-0.2, 0) is 4.79 Å². The van der Waals surface area contributed by atoms with Gasteiger partial charge in [-0.1, -0.05) is 0 Å². The molecule has 1 spiro atoms. The van der Waals surface area contributed by atoms with E-state index < -0.39 is 0 Å². The Morgan fingerprint density at radius 3 is 2.83 bits per heavy atom. The summed E-state index contributed by atoms with van der Waals surface area (Å²) >= 11 is 1.56. The van der Waals surface area contributed by atoms with Gasteiger partial charge in [-0.3, -0.25) is 9.59 Å². The highest BCUT2D eigenvalue weighted by molar-refractivity contribution is 7.08. The van der Waals surface area contributed by atoms with Crippen molar-refractivity contribution in [2.24, 2.45) is 0 Å². The van der Waals surface area contributed by atoms with Gasteiger partial charge in [-0.25, -0.2) is 0 Å². The van der Waals surface area contributed by atoms with Crippen molar-refractivity contribution in [3.63, 3.8) is 0 Å². The van der Waals surface area contributed by atoms with E-state index in [2.05, 4.69) is 9.80 Å². The quantitative estimate of drug-likeness (QED) is 0.838. The van der Waals surface area contributed by atoms with Gasteiger partial charge in [0.15, 0.2) is 0 Å². The predicted molar refractivity (Wildman–Crippen MR) is 96.3 cm³/mol. The molecule has 24 heavy (non-hydrogen) atoms. The van der Waals surface area contributed by atoms with Crippen LogP contribution < -0.4 is 0 Å². The molecule has 1 atom stereocenters. The van der Waals surface area contributed by atoms with E-state index in [4.69, 9.17) is 0 Å². The molecule has 3 heterocycles. The molecule has 0 aromatic carbocycles. The van der Waals surface area contributed by atoms with Gasteiger partial charge in [-0.2, -0.15) is 11.3 Å². The molecule has 0 aliphatic carbocycles. The SMILES string of the molecule is CN(C)CCN1C(=O)CC[C@]12CCCN(C(=O)c1ccsc1)CC2. The van der Waals surface area contributed by atoms with E-state index >= 15 is 0 Å². The van der Waals surface area contributed by atoms with Crippen LogP contribution in [0.2, 0.25) is 0 Å². The monoisotopic (exact) mass is 349 g/mol. The second-order valence-corrected chi connectivity index (χ2v) is 8.01. The molecule has 0 N–H and O–H groups in total. The first kappa shape index (κ1) is 17.4. The van der Waals surface area contributed by atoms with E-state index in [0.717, 1.165) is 57.4 Å². The molecular weight excluding hydrogens is 322 g/mol. The third-order valence-corrected chi connectivity index (χ3v) is 6.10. The minimum atomic E-state index is -0.0310. The molecular formula is C18H27N3O2S. The average Bonchev–Trinajstić information content (AvgIpc) is 3.12. The lowest BCUT2D eigenvalue weighted by Crippen LogP contribution is -2.49. The Hall–Kier alpha value is -1.40. The van der Waals surface area contributed by atoms with Crippen molar-refractivity contribution >= 4 is 23.2 Å².